The Kier molecular flexibility index (Phi) is 4.64. The molecule has 0 amide bonds. The van der Waals surface area contributed by atoms with E-state index in [1.807, 2.05) is 33.9 Å². The maximum atomic E-state index is 12.5. The Labute approximate surface area is 162 Å². The van der Waals surface area contributed by atoms with E-state index in [2.05, 4.69) is 0 Å². The third-order valence-electron chi connectivity index (χ3n) is 4.37. The van der Waals surface area contributed by atoms with Crippen LogP contribution >= 0.6 is 0 Å². The highest BCUT2D eigenvalue weighted by Gasteiger charge is 2.20. The molecule has 4 aromatic rings. The van der Waals surface area contributed by atoms with E-state index < -0.39 is 20.0 Å². The smallest absolute Gasteiger partial charge is 0.206 e. The third-order valence-corrected chi connectivity index (χ3v) is 6.99. The van der Waals surface area contributed by atoms with Crippen LogP contribution in [0.15, 0.2) is 94.7 Å². The van der Waals surface area contributed by atoms with Crippen LogP contribution in [-0.2, 0) is 20.0 Å². The van der Waals surface area contributed by atoms with Crippen LogP contribution in [0.4, 0.5) is 0 Å². The van der Waals surface area contributed by atoms with Crippen LogP contribution in [0.25, 0.3) is 21.5 Å². The number of hydrogen-bond acceptors (Lipinski definition) is 4. The van der Waals surface area contributed by atoms with E-state index in [9.17, 15) is 16.8 Å². The van der Waals surface area contributed by atoms with E-state index in [0.29, 0.717) is 0 Å². The monoisotopic (exact) mass is 412 g/mol. The number of hydrogen-bond donors (Lipinski definition) is 2. The number of rotatable bonds is 5. The Morgan fingerprint density at radius 1 is 0.464 bits per heavy atom. The van der Waals surface area contributed by atoms with E-state index >= 15 is 0 Å². The highest BCUT2D eigenvalue weighted by Crippen LogP contribution is 2.20. The van der Waals surface area contributed by atoms with E-state index in [1.165, 1.54) is 24.3 Å². The molecule has 0 aromatic heterocycles. The molecule has 0 unspecified atom stereocenters. The van der Waals surface area contributed by atoms with Crippen LogP contribution in [0.3, 0.4) is 0 Å². The molecule has 0 fully saturated rings. The molecule has 0 spiro atoms. The van der Waals surface area contributed by atoms with Crippen molar-refractivity contribution in [1.82, 2.24) is 9.66 Å². The van der Waals surface area contributed by atoms with Gasteiger partial charge in [0.05, 0.1) is 9.79 Å². The van der Waals surface area contributed by atoms with E-state index in [-0.39, 0.29) is 9.79 Å². The quantitative estimate of drug-likeness (QED) is 0.493. The fraction of sp³-hybridized carbons (Fsp3) is 0. The van der Waals surface area contributed by atoms with Crippen molar-refractivity contribution in [1.29, 1.82) is 0 Å². The van der Waals surface area contributed by atoms with Crippen molar-refractivity contribution >= 4 is 41.6 Å². The predicted octanol–water partition coefficient (Wildman–Crippen LogP) is 3.16. The molecule has 4 aromatic carbocycles. The summed E-state index contributed by atoms with van der Waals surface area (Å²) in [4.78, 5) is 3.85. The van der Waals surface area contributed by atoms with Crippen molar-refractivity contribution < 1.29 is 16.8 Å². The summed E-state index contributed by atoms with van der Waals surface area (Å²) in [6.45, 7) is 0. The zero-order valence-electron chi connectivity index (χ0n) is 14.5. The summed E-state index contributed by atoms with van der Waals surface area (Å²) < 4.78 is 50.1. The number of fused-ring (bicyclic) bond motifs is 2. The first-order valence-corrected chi connectivity index (χ1v) is 11.3. The average molecular weight is 412 g/mol. The van der Waals surface area contributed by atoms with E-state index in [0.717, 1.165) is 21.5 Å². The molecule has 28 heavy (non-hydrogen) atoms. The number of hydrazine groups is 1. The first-order valence-electron chi connectivity index (χ1n) is 8.36. The van der Waals surface area contributed by atoms with Gasteiger partial charge in [-0.05, 0) is 45.8 Å². The molecule has 0 atom stereocenters. The number of benzene rings is 4. The lowest BCUT2D eigenvalue weighted by Gasteiger charge is -2.10. The Morgan fingerprint density at radius 3 is 1.21 bits per heavy atom. The molecule has 2 N–H and O–H groups in total. The molecule has 8 heteroatoms. The Balaban J connectivity index is 1.60. The van der Waals surface area contributed by atoms with Crippen molar-refractivity contribution in [2.75, 3.05) is 0 Å². The summed E-state index contributed by atoms with van der Waals surface area (Å²) in [5.74, 6) is 0. The molecule has 0 aliphatic heterocycles. The molecular formula is C20H16N2O4S2. The second kappa shape index (κ2) is 6.99. The maximum Gasteiger partial charge on any atom is 0.254 e. The zero-order valence-corrected chi connectivity index (χ0v) is 16.2. The maximum absolute atomic E-state index is 12.5. The van der Waals surface area contributed by atoms with Crippen molar-refractivity contribution in [3.05, 3.63) is 84.9 Å². The molecule has 0 aliphatic carbocycles. The fourth-order valence-electron chi connectivity index (χ4n) is 2.90. The highest BCUT2D eigenvalue weighted by molar-refractivity contribution is 7.92. The normalized spacial score (nSPS) is 12.4. The van der Waals surface area contributed by atoms with Crippen molar-refractivity contribution in [3.63, 3.8) is 0 Å². The summed E-state index contributed by atoms with van der Waals surface area (Å²) in [6.07, 6.45) is 0. The SMILES string of the molecule is O=S(=O)(NNS(=O)(=O)c1ccc2ccccc2c1)c1ccc2ccccc2c1. The average Bonchev–Trinajstić information content (AvgIpc) is 2.72. The summed E-state index contributed by atoms with van der Waals surface area (Å²) in [7, 11) is -8.15. The number of nitrogens with one attached hydrogen (secondary N) is 2. The molecule has 0 heterocycles. The van der Waals surface area contributed by atoms with E-state index in [4.69, 9.17) is 0 Å². The molecule has 0 saturated heterocycles. The van der Waals surface area contributed by atoms with Gasteiger partial charge in [0, 0.05) is 0 Å². The minimum atomic E-state index is -4.08. The van der Waals surface area contributed by atoms with Gasteiger partial charge in [-0.25, -0.2) is 16.8 Å². The molecule has 0 aliphatic rings. The van der Waals surface area contributed by atoms with Crippen molar-refractivity contribution in [3.8, 4) is 0 Å². The van der Waals surface area contributed by atoms with Crippen molar-refractivity contribution in [2.45, 2.75) is 9.79 Å². The van der Waals surface area contributed by atoms with Crippen LogP contribution < -0.4 is 9.66 Å². The van der Waals surface area contributed by atoms with Crippen LogP contribution in [0.5, 0.6) is 0 Å². The molecular weight excluding hydrogens is 396 g/mol. The Bertz CT molecular complexity index is 1290. The fourth-order valence-corrected chi connectivity index (χ4v) is 5.07. The summed E-state index contributed by atoms with van der Waals surface area (Å²) in [6, 6.07) is 23.8. The molecule has 4 rings (SSSR count). The van der Waals surface area contributed by atoms with Gasteiger partial charge in [-0.1, -0.05) is 60.7 Å². The minimum Gasteiger partial charge on any atom is -0.206 e. The zero-order chi connectivity index (χ0) is 19.8. The Hall–Kier alpha value is -2.78. The summed E-state index contributed by atoms with van der Waals surface area (Å²) in [5.41, 5.74) is 0. The van der Waals surface area contributed by atoms with Gasteiger partial charge in [0.25, 0.3) is 20.0 Å². The van der Waals surface area contributed by atoms with Gasteiger partial charge >= 0.3 is 0 Å². The lowest BCUT2D eigenvalue weighted by molar-refractivity contribution is 0.558. The topological polar surface area (TPSA) is 92.3 Å². The highest BCUT2D eigenvalue weighted by atomic mass is 32.2. The first-order chi connectivity index (χ1) is 13.4. The van der Waals surface area contributed by atoms with Gasteiger partial charge in [-0.15, -0.1) is 9.66 Å². The van der Waals surface area contributed by atoms with Gasteiger partial charge < -0.3 is 0 Å². The summed E-state index contributed by atoms with van der Waals surface area (Å²) in [5, 5.41) is 3.25. The molecule has 0 bridgehead atoms. The first kappa shape index (κ1) is 18.6. The van der Waals surface area contributed by atoms with Crippen LogP contribution in [-0.4, -0.2) is 16.8 Å². The van der Waals surface area contributed by atoms with Gasteiger partial charge in [0.1, 0.15) is 0 Å². The lowest BCUT2D eigenvalue weighted by Crippen LogP contribution is -2.41. The largest absolute Gasteiger partial charge is 0.254 e. The number of sulfonamides is 2. The van der Waals surface area contributed by atoms with Gasteiger partial charge in [-0.2, -0.15) is 0 Å². The Morgan fingerprint density at radius 2 is 0.821 bits per heavy atom. The predicted molar refractivity (Wildman–Crippen MR) is 109 cm³/mol. The second-order valence-electron chi connectivity index (χ2n) is 6.23. The minimum absolute atomic E-state index is 0.0348. The van der Waals surface area contributed by atoms with Crippen LogP contribution in [0.2, 0.25) is 0 Å². The second-order valence-corrected chi connectivity index (χ2v) is 9.59. The van der Waals surface area contributed by atoms with Gasteiger partial charge in [-0.3, -0.25) is 0 Å². The van der Waals surface area contributed by atoms with Crippen LogP contribution in [0, 0.1) is 0 Å². The lowest BCUT2D eigenvalue weighted by atomic mass is 10.1. The molecule has 0 radical (unpaired) electrons. The van der Waals surface area contributed by atoms with E-state index in [1.54, 1.807) is 36.4 Å². The summed E-state index contributed by atoms with van der Waals surface area (Å²) >= 11 is 0. The van der Waals surface area contributed by atoms with Gasteiger partial charge in [0.15, 0.2) is 0 Å². The van der Waals surface area contributed by atoms with Gasteiger partial charge in [0.2, 0.25) is 0 Å². The third kappa shape index (κ3) is 3.63. The standard InChI is InChI=1S/C20H16N2O4S2/c23-27(24,19-11-9-15-5-1-3-7-17(15)13-19)21-22-28(25,26)20-12-10-16-6-2-4-8-18(16)14-20/h1-14,21-22H. The molecule has 6 nitrogen and oxygen atoms in total. The van der Waals surface area contributed by atoms with Crippen molar-refractivity contribution in [2.24, 2.45) is 0 Å². The molecule has 142 valence electrons. The van der Waals surface area contributed by atoms with Crippen LogP contribution in [0.1, 0.15) is 0 Å². The molecule has 0 saturated carbocycles.